The van der Waals surface area contributed by atoms with Gasteiger partial charge in [0, 0.05) is 0 Å². The van der Waals surface area contributed by atoms with Crippen LogP contribution in [0.25, 0.3) is 0 Å². The molecule has 72 valence electrons. The molecule has 0 N–H and O–H groups in total. The summed E-state index contributed by atoms with van der Waals surface area (Å²) in [5.41, 5.74) is 0. The summed E-state index contributed by atoms with van der Waals surface area (Å²) in [4.78, 5) is 25.0. The minimum atomic E-state index is -0.216. The van der Waals surface area contributed by atoms with Crippen molar-refractivity contribution in [2.24, 2.45) is 0 Å². The van der Waals surface area contributed by atoms with Crippen molar-refractivity contribution in [1.29, 1.82) is 0 Å². The van der Waals surface area contributed by atoms with E-state index < -0.39 is 0 Å². The summed E-state index contributed by atoms with van der Waals surface area (Å²) in [7, 11) is 0. The average Bonchev–Trinajstić information content (AvgIpc) is 2.62. The molecule has 0 aromatic rings. The van der Waals surface area contributed by atoms with Gasteiger partial charge in [-0.2, -0.15) is 0 Å². The molecule has 0 unspecified atom stereocenters. The van der Waals surface area contributed by atoms with E-state index in [4.69, 9.17) is 9.47 Å². The van der Waals surface area contributed by atoms with E-state index in [1.807, 2.05) is 9.80 Å². The van der Waals surface area contributed by atoms with Crippen molar-refractivity contribution in [2.45, 2.75) is 0 Å². The van der Waals surface area contributed by atoms with Crippen LogP contribution in [0, 0.1) is 0 Å². The lowest BCUT2D eigenvalue weighted by Crippen LogP contribution is -2.35. The van der Waals surface area contributed by atoms with Crippen LogP contribution in [0.5, 0.6) is 0 Å². The Bertz CT molecular complexity index is 219. The summed E-state index contributed by atoms with van der Waals surface area (Å²) in [6.07, 6.45) is 0. The molecule has 0 aromatic carbocycles. The van der Waals surface area contributed by atoms with Gasteiger partial charge in [-0.25, -0.2) is 9.80 Å². The van der Waals surface area contributed by atoms with Crippen LogP contribution in [-0.2, 0) is 19.1 Å². The van der Waals surface area contributed by atoms with Crippen LogP contribution in [0.15, 0.2) is 0 Å². The molecule has 2 rings (SSSR count). The average molecular weight is 186 g/mol. The molecule has 13 heavy (non-hydrogen) atoms. The fraction of sp³-hybridized carbons (Fsp3) is 0.714. The highest BCUT2D eigenvalue weighted by atomic mass is 16.6. The van der Waals surface area contributed by atoms with Crippen LogP contribution in [0.3, 0.4) is 0 Å². The largest absolute Gasteiger partial charge is 0.448 e. The van der Waals surface area contributed by atoms with E-state index in [0.29, 0.717) is 33.2 Å². The van der Waals surface area contributed by atoms with Gasteiger partial charge in [-0.3, -0.25) is 9.59 Å². The summed E-state index contributed by atoms with van der Waals surface area (Å²) in [5.74, 6) is -0.433. The van der Waals surface area contributed by atoms with Gasteiger partial charge in [0.1, 0.15) is 26.6 Å². The molecule has 2 fully saturated rings. The highest BCUT2D eigenvalue weighted by Crippen LogP contribution is 2.06. The summed E-state index contributed by atoms with van der Waals surface area (Å²) >= 11 is 0. The van der Waals surface area contributed by atoms with Gasteiger partial charge in [0.15, 0.2) is 0 Å². The van der Waals surface area contributed by atoms with Gasteiger partial charge in [0.25, 0.3) is 0 Å². The first-order valence-corrected chi connectivity index (χ1v) is 4.00. The Balaban J connectivity index is 1.78. The first kappa shape index (κ1) is 8.46. The molecule has 2 aliphatic rings. The Morgan fingerprint density at radius 3 is 1.77 bits per heavy atom. The molecule has 0 saturated carbocycles. The molecule has 2 saturated heterocycles. The minimum absolute atomic E-state index is 0.216. The fourth-order valence-corrected chi connectivity index (χ4v) is 1.34. The van der Waals surface area contributed by atoms with E-state index in [-0.39, 0.29) is 11.9 Å². The number of rotatable bonds is 2. The van der Waals surface area contributed by atoms with Crippen molar-refractivity contribution in [1.82, 2.24) is 9.80 Å². The van der Waals surface area contributed by atoms with Gasteiger partial charge in [-0.05, 0) is 0 Å². The Kier molecular flexibility index (Phi) is 2.15. The number of carbonyl (C=O) groups is 2. The highest BCUT2D eigenvalue weighted by Gasteiger charge is 2.26. The number of hydrogen-bond donors (Lipinski definition) is 0. The van der Waals surface area contributed by atoms with Crippen LogP contribution in [0.2, 0.25) is 0 Å². The van der Waals surface area contributed by atoms with Gasteiger partial charge in [-0.15, -0.1) is 0 Å². The monoisotopic (exact) mass is 186 g/mol. The van der Waals surface area contributed by atoms with E-state index in [9.17, 15) is 9.59 Å². The molecule has 2 aliphatic heterocycles. The molecular weight excluding hydrogens is 176 g/mol. The fourth-order valence-electron chi connectivity index (χ4n) is 1.34. The normalized spacial score (nSPS) is 24.9. The second kappa shape index (κ2) is 3.31. The maximum atomic E-state index is 10.7. The van der Waals surface area contributed by atoms with E-state index in [1.54, 1.807) is 0 Å². The third-order valence-electron chi connectivity index (χ3n) is 1.92. The van der Waals surface area contributed by atoms with E-state index in [0.717, 1.165) is 0 Å². The van der Waals surface area contributed by atoms with Crippen molar-refractivity contribution >= 4 is 11.9 Å². The zero-order valence-electron chi connectivity index (χ0n) is 7.06. The maximum Gasteiger partial charge on any atom is 0.321 e. The molecular formula is C7H10N2O4. The Labute approximate surface area is 75.0 Å². The Hall–Kier alpha value is -1.14. The molecule has 0 amide bonds. The molecule has 0 bridgehead atoms. The molecule has 0 spiro atoms. The molecule has 6 nitrogen and oxygen atoms in total. The Morgan fingerprint density at radius 2 is 1.46 bits per heavy atom. The Morgan fingerprint density at radius 1 is 1.00 bits per heavy atom. The highest BCUT2D eigenvalue weighted by molar-refractivity contribution is 5.73. The van der Waals surface area contributed by atoms with Crippen LogP contribution in [0.1, 0.15) is 0 Å². The number of cyclic esters (lactones) is 2. The third kappa shape index (κ3) is 1.96. The van der Waals surface area contributed by atoms with E-state index in [1.165, 1.54) is 0 Å². The summed E-state index contributed by atoms with van der Waals surface area (Å²) in [6, 6.07) is 0. The number of carbonyl (C=O) groups excluding carboxylic acids is 2. The zero-order chi connectivity index (χ0) is 9.26. The summed E-state index contributed by atoms with van der Waals surface area (Å²) < 4.78 is 9.47. The van der Waals surface area contributed by atoms with Crippen molar-refractivity contribution < 1.29 is 19.1 Å². The molecule has 2 heterocycles. The van der Waals surface area contributed by atoms with Gasteiger partial charge in [-0.1, -0.05) is 0 Å². The SMILES string of the molecule is O=C1CN(CN2COC(=O)C2)CO1. The standard InChI is InChI=1S/C7H10N2O4/c10-6-1-8(4-12-6)3-9-2-7(11)13-5-9/h1-5H2. The van der Waals surface area contributed by atoms with Crippen LogP contribution in [-0.4, -0.2) is 55.0 Å². The van der Waals surface area contributed by atoms with Crippen LogP contribution in [0.4, 0.5) is 0 Å². The maximum absolute atomic E-state index is 10.7. The van der Waals surface area contributed by atoms with Gasteiger partial charge >= 0.3 is 11.9 Å². The molecule has 0 aromatic heterocycles. The predicted octanol–water partition coefficient (Wildman–Crippen LogP) is -1.42. The predicted molar refractivity (Wildman–Crippen MR) is 40.2 cm³/mol. The lowest BCUT2D eigenvalue weighted by atomic mass is 10.6. The molecule has 0 radical (unpaired) electrons. The lowest BCUT2D eigenvalue weighted by molar-refractivity contribution is -0.137. The second-order valence-corrected chi connectivity index (χ2v) is 3.09. The smallest absolute Gasteiger partial charge is 0.321 e. The number of hydrogen-bond acceptors (Lipinski definition) is 6. The number of nitrogens with zero attached hydrogens (tertiary/aromatic N) is 2. The van der Waals surface area contributed by atoms with Gasteiger partial charge in [0.05, 0.1) is 6.67 Å². The first-order chi connectivity index (χ1) is 6.24. The summed E-state index contributed by atoms with van der Waals surface area (Å²) in [6.45, 7) is 1.75. The van der Waals surface area contributed by atoms with Crippen molar-refractivity contribution in [3.8, 4) is 0 Å². The minimum Gasteiger partial charge on any atom is -0.448 e. The third-order valence-corrected chi connectivity index (χ3v) is 1.92. The molecule has 6 heteroatoms. The second-order valence-electron chi connectivity index (χ2n) is 3.09. The van der Waals surface area contributed by atoms with Crippen molar-refractivity contribution in [2.75, 3.05) is 33.2 Å². The van der Waals surface area contributed by atoms with Crippen LogP contribution < -0.4 is 0 Å². The quantitative estimate of drug-likeness (QED) is 0.493. The van der Waals surface area contributed by atoms with Gasteiger partial charge in [0.2, 0.25) is 0 Å². The van der Waals surface area contributed by atoms with E-state index in [2.05, 4.69) is 0 Å². The number of ether oxygens (including phenoxy) is 2. The summed E-state index contributed by atoms with van der Waals surface area (Å²) in [5, 5.41) is 0. The first-order valence-electron chi connectivity index (χ1n) is 4.00. The number of esters is 2. The lowest BCUT2D eigenvalue weighted by Gasteiger charge is -2.17. The van der Waals surface area contributed by atoms with Gasteiger partial charge < -0.3 is 9.47 Å². The topological polar surface area (TPSA) is 59.1 Å². The van der Waals surface area contributed by atoms with Crippen LogP contribution >= 0.6 is 0 Å². The molecule has 0 aliphatic carbocycles. The van der Waals surface area contributed by atoms with Crippen molar-refractivity contribution in [3.63, 3.8) is 0 Å². The molecule has 0 atom stereocenters. The zero-order valence-corrected chi connectivity index (χ0v) is 7.06. The van der Waals surface area contributed by atoms with E-state index >= 15 is 0 Å². The van der Waals surface area contributed by atoms with Crippen molar-refractivity contribution in [3.05, 3.63) is 0 Å².